The minimum atomic E-state index is 0.544. The van der Waals surface area contributed by atoms with Crippen LogP contribution in [0.2, 0.25) is 0 Å². The summed E-state index contributed by atoms with van der Waals surface area (Å²) in [5.74, 6) is 0.544. The highest BCUT2D eigenvalue weighted by atomic mass is 32.1. The number of aromatic nitrogens is 1. The molecular formula is C12H17N3S2. The zero-order valence-corrected chi connectivity index (χ0v) is 11.3. The van der Waals surface area contributed by atoms with Crippen LogP contribution >= 0.6 is 22.7 Å². The van der Waals surface area contributed by atoms with Gasteiger partial charge in [-0.25, -0.2) is 4.98 Å². The van der Waals surface area contributed by atoms with Crippen LogP contribution in [0, 0.1) is 0 Å². The minimum Gasteiger partial charge on any atom is -0.361 e. The third kappa shape index (κ3) is 3.80. The number of thiazole rings is 1. The Hall–Kier alpha value is -0.910. The lowest BCUT2D eigenvalue weighted by Gasteiger charge is -2.15. The van der Waals surface area contributed by atoms with Gasteiger partial charge in [-0.15, -0.1) is 22.7 Å². The second-order valence-corrected chi connectivity index (χ2v) is 5.74. The van der Waals surface area contributed by atoms with Crippen molar-refractivity contribution in [1.29, 1.82) is 0 Å². The Morgan fingerprint density at radius 2 is 2.29 bits per heavy atom. The van der Waals surface area contributed by atoms with Gasteiger partial charge in [0.2, 0.25) is 0 Å². The monoisotopic (exact) mass is 267 g/mol. The summed E-state index contributed by atoms with van der Waals surface area (Å²) >= 11 is 3.46. The molecular weight excluding hydrogens is 250 g/mol. The van der Waals surface area contributed by atoms with Crippen molar-refractivity contribution in [1.82, 2.24) is 4.98 Å². The summed E-state index contributed by atoms with van der Waals surface area (Å²) in [6.45, 7) is 1.70. The molecule has 0 aromatic carbocycles. The summed E-state index contributed by atoms with van der Waals surface area (Å²) in [7, 11) is 0. The zero-order valence-electron chi connectivity index (χ0n) is 9.63. The van der Waals surface area contributed by atoms with E-state index >= 15 is 0 Å². The van der Waals surface area contributed by atoms with Gasteiger partial charge in [0.05, 0.1) is 0 Å². The number of nitrogens with one attached hydrogen (secondary N) is 1. The second kappa shape index (κ2) is 6.74. The smallest absolute Gasteiger partial charge is 0.182 e. The molecule has 0 saturated heterocycles. The first-order valence-electron chi connectivity index (χ1n) is 5.77. The van der Waals surface area contributed by atoms with E-state index in [0.29, 0.717) is 5.92 Å². The predicted octanol–water partition coefficient (Wildman–Crippen LogP) is 3.14. The van der Waals surface area contributed by atoms with Gasteiger partial charge < -0.3 is 11.1 Å². The molecule has 0 fully saturated rings. The molecule has 0 bridgehead atoms. The summed E-state index contributed by atoms with van der Waals surface area (Å²) in [4.78, 5) is 5.67. The topological polar surface area (TPSA) is 50.9 Å². The molecule has 0 amide bonds. The molecule has 92 valence electrons. The maximum Gasteiger partial charge on any atom is 0.182 e. The first-order valence-corrected chi connectivity index (χ1v) is 7.53. The van der Waals surface area contributed by atoms with Crippen molar-refractivity contribution in [3.05, 3.63) is 34.0 Å². The molecule has 5 heteroatoms. The van der Waals surface area contributed by atoms with Gasteiger partial charge >= 0.3 is 0 Å². The zero-order chi connectivity index (χ0) is 11.9. The number of nitrogens with two attached hydrogens (primary N) is 1. The molecule has 2 aromatic rings. The Morgan fingerprint density at radius 3 is 2.94 bits per heavy atom. The van der Waals surface area contributed by atoms with Crippen molar-refractivity contribution in [2.75, 3.05) is 18.4 Å². The lowest BCUT2D eigenvalue weighted by Crippen LogP contribution is -2.13. The third-order valence-electron chi connectivity index (χ3n) is 2.63. The molecule has 1 unspecified atom stereocenters. The molecule has 17 heavy (non-hydrogen) atoms. The van der Waals surface area contributed by atoms with Crippen molar-refractivity contribution < 1.29 is 0 Å². The van der Waals surface area contributed by atoms with Crippen molar-refractivity contribution in [3.63, 3.8) is 0 Å². The summed E-state index contributed by atoms with van der Waals surface area (Å²) in [5.41, 5.74) is 5.59. The van der Waals surface area contributed by atoms with Crippen LogP contribution in [0.25, 0.3) is 0 Å². The van der Waals surface area contributed by atoms with Crippen LogP contribution in [-0.2, 0) is 0 Å². The molecule has 2 heterocycles. The summed E-state index contributed by atoms with van der Waals surface area (Å²) < 4.78 is 0. The summed E-state index contributed by atoms with van der Waals surface area (Å²) in [6, 6.07) is 4.31. The number of nitrogens with zero attached hydrogens (tertiary/aromatic N) is 1. The number of hydrogen-bond donors (Lipinski definition) is 2. The van der Waals surface area contributed by atoms with Crippen LogP contribution in [0.1, 0.15) is 23.6 Å². The van der Waals surface area contributed by atoms with E-state index in [9.17, 15) is 0 Å². The first kappa shape index (κ1) is 12.5. The van der Waals surface area contributed by atoms with Crippen LogP contribution in [0.4, 0.5) is 5.13 Å². The fourth-order valence-corrected chi connectivity index (χ4v) is 3.16. The molecule has 3 nitrogen and oxygen atoms in total. The van der Waals surface area contributed by atoms with E-state index in [1.807, 2.05) is 22.9 Å². The van der Waals surface area contributed by atoms with Gasteiger partial charge in [0.25, 0.3) is 0 Å². The largest absolute Gasteiger partial charge is 0.361 e. The number of thiophene rings is 1. The molecule has 0 aliphatic rings. The average Bonchev–Trinajstić information content (AvgIpc) is 3.01. The molecule has 3 N–H and O–H groups in total. The standard InChI is InChI=1S/C12H17N3S2/c13-5-1-3-10(11-4-2-7-16-11)9-15-12-14-6-8-17-12/h2,4,6-8,10H,1,3,5,9,13H2,(H,14,15). The Bertz CT molecular complexity index is 397. The van der Waals surface area contributed by atoms with E-state index in [4.69, 9.17) is 5.73 Å². The van der Waals surface area contributed by atoms with Crippen LogP contribution in [-0.4, -0.2) is 18.1 Å². The Balaban J connectivity index is 1.91. The van der Waals surface area contributed by atoms with Crippen LogP contribution in [0.5, 0.6) is 0 Å². The number of anilines is 1. The van der Waals surface area contributed by atoms with E-state index in [-0.39, 0.29) is 0 Å². The fraction of sp³-hybridized carbons (Fsp3) is 0.417. The van der Waals surface area contributed by atoms with Gasteiger partial charge in [0.1, 0.15) is 0 Å². The van der Waals surface area contributed by atoms with Gasteiger partial charge in [-0.3, -0.25) is 0 Å². The van der Waals surface area contributed by atoms with Crippen molar-refractivity contribution >= 4 is 27.8 Å². The van der Waals surface area contributed by atoms with E-state index < -0.39 is 0 Å². The fourth-order valence-electron chi connectivity index (χ4n) is 1.75. The van der Waals surface area contributed by atoms with E-state index in [2.05, 4.69) is 27.8 Å². The van der Waals surface area contributed by atoms with Gasteiger partial charge in [-0.05, 0) is 30.8 Å². The highest BCUT2D eigenvalue weighted by molar-refractivity contribution is 7.13. The Kier molecular flexibility index (Phi) is 4.97. The minimum absolute atomic E-state index is 0.544. The highest BCUT2D eigenvalue weighted by Crippen LogP contribution is 2.26. The molecule has 2 rings (SSSR count). The number of rotatable bonds is 7. The summed E-state index contributed by atoms with van der Waals surface area (Å²) in [6.07, 6.45) is 4.03. The van der Waals surface area contributed by atoms with Crippen molar-refractivity contribution in [2.45, 2.75) is 18.8 Å². The lowest BCUT2D eigenvalue weighted by atomic mass is 10.0. The van der Waals surface area contributed by atoms with Crippen LogP contribution < -0.4 is 11.1 Å². The highest BCUT2D eigenvalue weighted by Gasteiger charge is 2.12. The molecule has 0 aliphatic carbocycles. The third-order valence-corrected chi connectivity index (χ3v) is 4.40. The lowest BCUT2D eigenvalue weighted by molar-refractivity contribution is 0.626. The van der Waals surface area contributed by atoms with Crippen molar-refractivity contribution in [2.24, 2.45) is 5.73 Å². The Labute approximate surface area is 110 Å². The van der Waals surface area contributed by atoms with Gasteiger partial charge in [0.15, 0.2) is 5.13 Å². The van der Waals surface area contributed by atoms with Gasteiger partial charge in [0, 0.05) is 28.9 Å². The van der Waals surface area contributed by atoms with Crippen LogP contribution in [0.3, 0.4) is 0 Å². The SMILES string of the molecule is NCCCC(CNc1nccs1)c1cccs1. The molecule has 0 saturated carbocycles. The maximum absolute atomic E-state index is 5.59. The molecule has 0 aliphatic heterocycles. The number of hydrogen-bond acceptors (Lipinski definition) is 5. The second-order valence-electron chi connectivity index (χ2n) is 3.86. The maximum atomic E-state index is 5.59. The van der Waals surface area contributed by atoms with E-state index in [1.54, 1.807) is 11.3 Å². The average molecular weight is 267 g/mol. The van der Waals surface area contributed by atoms with Gasteiger partial charge in [-0.1, -0.05) is 6.07 Å². The molecule has 0 radical (unpaired) electrons. The molecule has 0 spiro atoms. The quantitative estimate of drug-likeness (QED) is 0.810. The molecule has 1 atom stereocenters. The van der Waals surface area contributed by atoms with E-state index in [1.165, 1.54) is 4.88 Å². The molecule has 2 aromatic heterocycles. The van der Waals surface area contributed by atoms with Gasteiger partial charge in [-0.2, -0.15) is 0 Å². The normalized spacial score (nSPS) is 12.5. The van der Waals surface area contributed by atoms with Crippen LogP contribution in [0.15, 0.2) is 29.1 Å². The van der Waals surface area contributed by atoms with Crippen molar-refractivity contribution in [3.8, 4) is 0 Å². The first-order chi connectivity index (χ1) is 8.40. The van der Waals surface area contributed by atoms with E-state index in [0.717, 1.165) is 31.1 Å². The Morgan fingerprint density at radius 1 is 1.35 bits per heavy atom. The summed E-state index contributed by atoms with van der Waals surface area (Å²) in [5, 5.41) is 8.52. The predicted molar refractivity (Wildman–Crippen MR) is 76.0 cm³/mol.